The molecule has 0 bridgehead atoms. The van der Waals surface area contributed by atoms with E-state index in [4.69, 9.17) is 14.2 Å². The van der Waals surface area contributed by atoms with Crippen LogP contribution in [0.1, 0.15) is 311 Å². The van der Waals surface area contributed by atoms with E-state index >= 15 is 0 Å². The molecule has 0 aliphatic carbocycles. The maximum absolute atomic E-state index is 12.8. The summed E-state index contributed by atoms with van der Waals surface area (Å²) in [6.45, 7) is 11.4. The minimum atomic E-state index is -0.761. The van der Waals surface area contributed by atoms with E-state index in [1.54, 1.807) is 0 Å². The predicted octanol–water partition coefficient (Wildman–Crippen LogP) is 18.1. The van der Waals surface area contributed by atoms with E-state index in [1.807, 2.05) is 0 Å². The van der Waals surface area contributed by atoms with Gasteiger partial charge in [-0.15, -0.1) is 0 Å². The molecule has 62 heavy (non-hydrogen) atoms. The molecule has 0 amide bonds. The van der Waals surface area contributed by atoms with Crippen LogP contribution in [-0.4, -0.2) is 37.2 Å². The molecule has 0 aliphatic heterocycles. The molecule has 0 aliphatic rings. The molecule has 0 spiro atoms. The van der Waals surface area contributed by atoms with Crippen molar-refractivity contribution in [3.8, 4) is 0 Å². The maximum atomic E-state index is 12.8. The van der Waals surface area contributed by atoms with Crippen molar-refractivity contribution in [1.82, 2.24) is 0 Å². The van der Waals surface area contributed by atoms with Crippen LogP contribution in [0.25, 0.3) is 0 Å². The number of ether oxygens (including phenoxy) is 3. The molecule has 0 aromatic heterocycles. The lowest BCUT2D eigenvalue weighted by molar-refractivity contribution is -0.167. The Morgan fingerprint density at radius 2 is 0.613 bits per heavy atom. The van der Waals surface area contributed by atoms with Gasteiger partial charge >= 0.3 is 17.9 Å². The molecule has 1 unspecified atom stereocenters. The summed E-state index contributed by atoms with van der Waals surface area (Å²) in [6.07, 6.45) is 50.8. The third kappa shape index (κ3) is 47.9. The van der Waals surface area contributed by atoms with Gasteiger partial charge in [0.25, 0.3) is 0 Å². The minimum absolute atomic E-state index is 0.0630. The van der Waals surface area contributed by atoms with Gasteiger partial charge in [-0.05, 0) is 31.1 Å². The molecule has 0 N–H and O–H groups in total. The monoisotopic (exact) mass is 877 g/mol. The number of carbonyl (C=O) groups excluding carboxylic acids is 3. The van der Waals surface area contributed by atoms with Gasteiger partial charge in [0.05, 0.1) is 0 Å². The van der Waals surface area contributed by atoms with E-state index in [-0.39, 0.29) is 31.1 Å². The average Bonchev–Trinajstić information content (AvgIpc) is 3.26. The SMILES string of the molecule is CCCCCCCCCCCCCC(=O)O[C@H](COC(=O)CCCCCCCCCCCCCCCCC(C)CC)COC(=O)CCCCCCCCCCCCCCC(C)C. The molecule has 0 aromatic rings. The highest BCUT2D eigenvalue weighted by Crippen LogP contribution is 2.18. The van der Waals surface area contributed by atoms with E-state index < -0.39 is 6.10 Å². The lowest BCUT2D eigenvalue weighted by atomic mass is 9.99. The van der Waals surface area contributed by atoms with Crippen molar-refractivity contribution in [3.63, 3.8) is 0 Å². The second-order valence-corrected chi connectivity index (χ2v) is 19.9. The van der Waals surface area contributed by atoms with Crippen LogP contribution < -0.4 is 0 Å². The summed E-state index contributed by atoms with van der Waals surface area (Å²) in [5, 5.41) is 0. The fourth-order valence-electron chi connectivity index (χ4n) is 8.49. The van der Waals surface area contributed by atoms with Crippen LogP contribution in [0.2, 0.25) is 0 Å². The predicted molar refractivity (Wildman–Crippen MR) is 266 cm³/mol. The first-order valence-corrected chi connectivity index (χ1v) is 27.8. The number of esters is 3. The molecule has 0 fully saturated rings. The summed E-state index contributed by atoms with van der Waals surface area (Å²) >= 11 is 0. The summed E-state index contributed by atoms with van der Waals surface area (Å²) in [7, 11) is 0. The van der Waals surface area contributed by atoms with Crippen molar-refractivity contribution in [2.45, 2.75) is 317 Å². The highest BCUT2D eigenvalue weighted by atomic mass is 16.6. The first kappa shape index (κ1) is 60.4. The molecular formula is C56H108O6. The molecule has 0 rings (SSSR count). The van der Waals surface area contributed by atoms with Crippen molar-refractivity contribution in [2.75, 3.05) is 13.2 Å². The number of rotatable bonds is 50. The second kappa shape index (κ2) is 48.9. The van der Waals surface area contributed by atoms with Crippen molar-refractivity contribution < 1.29 is 28.6 Å². The molecule has 0 saturated carbocycles. The van der Waals surface area contributed by atoms with Gasteiger partial charge in [-0.1, -0.05) is 272 Å². The van der Waals surface area contributed by atoms with Crippen LogP contribution in [0.3, 0.4) is 0 Å². The van der Waals surface area contributed by atoms with Crippen LogP contribution in [0.4, 0.5) is 0 Å². The first-order chi connectivity index (χ1) is 30.3. The van der Waals surface area contributed by atoms with E-state index in [0.29, 0.717) is 19.3 Å². The lowest BCUT2D eigenvalue weighted by Crippen LogP contribution is -2.30. The number of unbranched alkanes of at least 4 members (excludes halogenated alkanes) is 34. The molecule has 0 saturated heterocycles. The average molecular weight is 877 g/mol. The van der Waals surface area contributed by atoms with E-state index in [1.165, 1.54) is 199 Å². The second-order valence-electron chi connectivity index (χ2n) is 19.9. The van der Waals surface area contributed by atoms with Gasteiger partial charge < -0.3 is 14.2 Å². The van der Waals surface area contributed by atoms with Crippen LogP contribution in [0.5, 0.6) is 0 Å². The Kier molecular flexibility index (Phi) is 47.6. The normalized spacial score (nSPS) is 12.5. The number of hydrogen-bond donors (Lipinski definition) is 0. The third-order valence-electron chi connectivity index (χ3n) is 13.1. The summed E-state index contributed by atoms with van der Waals surface area (Å²) in [5.74, 6) is 0.886. The molecule has 6 nitrogen and oxygen atoms in total. The van der Waals surface area contributed by atoms with Crippen molar-refractivity contribution in [2.24, 2.45) is 11.8 Å². The van der Waals surface area contributed by atoms with Crippen LogP contribution in [0.15, 0.2) is 0 Å². The molecule has 368 valence electrons. The van der Waals surface area contributed by atoms with Crippen LogP contribution in [0, 0.1) is 11.8 Å². The zero-order valence-electron chi connectivity index (χ0n) is 42.5. The maximum Gasteiger partial charge on any atom is 0.306 e. The Morgan fingerprint density at radius 1 is 0.339 bits per heavy atom. The summed E-state index contributed by atoms with van der Waals surface area (Å²) in [5.41, 5.74) is 0. The van der Waals surface area contributed by atoms with Gasteiger partial charge in [-0.25, -0.2) is 0 Å². The summed E-state index contributed by atoms with van der Waals surface area (Å²) in [6, 6.07) is 0. The largest absolute Gasteiger partial charge is 0.462 e. The van der Waals surface area contributed by atoms with Gasteiger partial charge in [-0.3, -0.25) is 14.4 Å². The fraction of sp³-hybridized carbons (Fsp3) is 0.946. The zero-order chi connectivity index (χ0) is 45.4. The zero-order valence-corrected chi connectivity index (χ0v) is 42.5. The van der Waals surface area contributed by atoms with Crippen LogP contribution >= 0.6 is 0 Å². The molecule has 0 radical (unpaired) electrons. The van der Waals surface area contributed by atoms with Crippen molar-refractivity contribution in [3.05, 3.63) is 0 Å². The molecule has 6 heteroatoms. The molecule has 0 heterocycles. The smallest absolute Gasteiger partial charge is 0.306 e. The Hall–Kier alpha value is -1.59. The Morgan fingerprint density at radius 3 is 0.919 bits per heavy atom. The third-order valence-corrected chi connectivity index (χ3v) is 13.1. The lowest BCUT2D eigenvalue weighted by Gasteiger charge is -2.18. The quantitative estimate of drug-likeness (QED) is 0.0344. The van der Waals surface area contributed by atoms with E-state index in [2.05, 4.69) is 34.6 Å². The molecular weight excluding hydrogens is 769 g/mol. The van der Waals surface area contributed by atoms with Crippen molar-refractivity contribution in [1.29, 1.82) is 0 Å². The van der Waals surface area contributed by atoms with Gasteiger partial charge in [0.1, 0.15) is 13.2 Å². The van der Waals surface area contributed by atoms with Gasteiger partial charge in [-0.2, -0.15) is 0 Å². The Bertz CT molecular complexity index is 949. The Labute approximate surface area is 387 Å². The first-order valence-electron chi connectivity index (χ1n) is 27.8. The van der Waals surface area contributed by atoms with Crippen LogP contribution in [-0.2, 0) is 28.6 Å². The molecule has 2 atom stereocenters. The van der Waals surface area contributed by atoms with E-state index in [0.717, 1.165) is 69.6 Å². The van der Waals surface area contributed by atoms with E-state index in [9.17, 15) is 14.4 Å². The highest BCUT2D eigenvalue weighted by molar-refractivity contribution is 5.71. The topological polar surface area (TPSA) is 78.9 Å². The number of carbonyl (C=O) groups is 3. The van der Waals surface area contributed by atoms with Crippen molar-refractivity contribution >= 4 is 17.9 Å². The standard InChI is InChI=1S/C56H108O6/c1-6-8-9-10-11-12-19-28-33-38-43-48-56(59)62-53(50-61-55(58)47-42-37-32-27-23-18-17-20-24-29-34-39-44-51(3)4)49-60-54(57)46-41-36-31-26-22-16-14-13-15-21-25-30-35-40-45-52(5)7-2/h51-53H,6-50H2,1-5H3/t52?,53-/m1/s1. The minimum Gasteiger partial charge on any atom is -0.462 e. The molecule has 0 aromatic carbocycles. The highest BCUT2D eigenvalue weighted by Gasteiger charge is 2.19. The van der Waals surface area contributed by atoms with Gasteiger partial charge in [0.15, 0.2) is 6.10 Å². The Balaban J connectivity index is 4.26. The van der Waals surface area contributed by atoms with Gasteiger partial charge in [0.2, 0.25) is 0 Å². The van der Waals surface area contributed by atoms with Gasteiger partial charge in [0, 0.05) is 19.3 Å². The summed E-state index contributed by atoms with van der Waals surface area (Å²) in [4.78, 5) is 38.0. The summed E-state index contributed by atoms with van der Waals surface area (Å²) < 4.78 is 16.8. The fourth-order valence-corrected chi connectivity index (χ4v) is 8.49. The number of hydrogen-bond acceptors (Lipinski definition) is 6.